The van der Waals surface area contributed by atoms with Gasteiger partial charge in [0.2, 0.25) is 5.91 Å². The third-order valence-corrected chi connectivity index (χ3v) is 4.45. The molecular formula is C15H18N6O2. The van der Waals surface area contributed by atoms with E-state index in [4.69, 9.17) is 4.74 Å². The molecule has 8 heteroatoms. The third-order valence-electron chi connectivity index (χ3n) is 4.45. The van der Waals surface area contributed by atoms with Crippen LogP contribution in [0.4, 0.5) is 5.82 Å². The zero-order chi connectivity index (χ0) is 15.8. The molecular weight excluding hydrogens is 296 g/mol. The van der Waals surface area contributed by atoms with Gasteiger partial charge < -0.3 is 14.5 Å². The number of fused-ring (bicyclic) bond motifs is 3. The number of anilines is 1. The van der Waals surface area contributed by atoms with Gasteiger partial charge in [-0.2, -0.15) is 5.10 Å². The van der Waals surface area contributed by atoms with Crippen LogP contribution in [-0.4, -0.2) is 69.9 Å². The number of likely N-dealkylation sites (N-methyl/N-ethyl adjacent to an activating group) is 1. The van der Waals surface area contributed by atoms with Gasteiger partial charge in [0.05, 0.1) is 25.2 Å². The largest absolute Gasteiger partial charge is 0.378 e. The van der Waals surface area contributed by atoms with Crippen molar-refractivity contribution in [1.82, 2.24) is 24.6 Å². The Morgan fingerprint density at radius 2 is 2.09 bits per heavy atom. The Morgan fingerprint density at radius 3 is 2.91 bits per heavy atom. The number of ether oxygens (including phenoxy) is 1. The highest BCUT2D eigenvalue weighted by atomic mass is 16.5. The SMILES string of the molecule is CN1C(=O)[C@H]2COC[C@@H]1CN(c1cc(-n3cccn3)ncn1)C2. The summed E-state index contributed by atoms with van der Waals surface area (Å²) in [5, 5.41) is 4.20. The van der Waals surface area contributed by atoms with E-state index in [1.54, 1.807) is 10.9 Å². The second-order valence-electron chi connectivity index (χ2n) is 5.93. The van der Waals surface area contributed by atoms with Crippen molar-refractivity contribution < 1.29 is 9.53 Å². The lowest BCUT2D eigenvalue weighted by atomic mass is 10.1. The van der Waals surface area contributed by atoms with E-state index in [0.29, 0.717) is 32.1 Å². The highest BCUT2D eigenvalue weighted by molar-refractivity contribution is 5.80. The van der Waals surface area contributed by atoms with Crippen LogP contribution in [0.25, 0.3) is 5.82 Å². The van der Waals surface area contributed by atoms with Crippen molar-refractivity contribution in [3.05, 3.63) is 30.9 Å². The first-order valence-electron chi connectivity index (χ1n) is 7.64. The molecule has 2 fully saturated rings. The standard InChI is InChI=1S/C15H18N6O2/c1-19-12-7-20(6-11(15(19)22)8-23-9-12)13-5-14(17-10-16-13)21-4-2-3-18-21/h2-5,10-12H,6-9H2,1H3/t11-,12+/m1/s1. The number of rotatable bonds is 2. The van der Waals surface area contributed by atoms with Gasteiger partial charge in [-0.05, 0) is 6.07 Å². The molecule has 2 aliphatic heterocycles. The fraction of sp³-hybridized carbons (Fsp3) is 0.467. The molecule has 4 heterocycles. The first-order valence-corrected chi connectivity index (χ1v) is 7.64. The summed E-state index contributed by atoms with van der Waals surface area (Å²) in [6, 6.07) is 3.79. The summed E-state index contributed by atoms with van der Waals surface area (Å²) >= 11 is 0. The molecule has 0 spiro atoms. The van der Waals surface area contributed by atoms with Crippen molar-refractivity contribution >= 4 is 11.7 Å². The van der Waals surface area contributed by atoms with Crippen LogP contribution in [0, 0.1) is 5.92 Å². The number of carbonyl (C=O) groups is 1. The van der Waals surface area contributed by atoms with Crippen LogP contribution in [0.2, 0.25) is 0 Å². The maximum atomic E-state index is 12.4. The fourth-order valence-electron chi connectivity index (χ4n) is 3.13. The number of hydrogen-bond acceptors (Lipinski definition) is 6. The molecule has 0 aliphatic carbocycles. The predicted octanol–water partition coefficient (Wildman–Crippen LogP) is -0.0443. The number of nitrogens with zero attached hydrogens (tertiary/aromatic N) is 6. The molecule has 2 bridgehead atoms. The first kappa shape index (κ1) is 14.1. The van der Waals surface area contributed by atoms with Crippen molar-refractivity contribution in [2.24, 2.45) is 5.92 Å². The normalized spacial score (nSPS) is 24.7. The molecule has 0 N–H and O–H groups in total. The number of hydrogen-bond donors (Lipinski definition) is 0. The second-order valence-corrected chi connectivity index (χ2v) is 5.93. The second kappa shape index (κ2) is 5.62. The molecule has 1 amide bonds. The Balaban J connectivity index is 1.66. The number of aromatic nitrogens is 4. The van der Waals surface area contributed by atoms with Gasteiger partial charge in [0.15, 0.2) is 5.82 Å². The van der Waals surface area contributed by atoms with E-state index in [1.165, 1.54) is 6.33 Å². The summed E-state index contributed by atoms with van der Waals surface area (Å²) in [6.07, 6.45) is 5.09. The van der Waals surface area contributed by atoms with Crippen LogP contribution in [0.15, 0.2) is 30.9 Å². The highest BCUT2D eigenvalue weighted by Gasteiger charge is 2.37. The van der Waals surface area contributed by atoms with Crippen molar-refractivity contribution in [2.45, 2.75) is 6.04 Å². The molecule has 8 nitrogen and oxygen atoms in total. The van der Waals surface area contributed by atoms with Gasteiger partial charge in [0.1, 0.15) is 12.1 Å². The molecule has 0 aromatic carbocycles. The number of amides is 1. The maximum absolute atomic E-state index is 12.4. The zero-order valence-corrected chi connectivity index (χ0v) is 12.9. The van der Waals surface area contributed by atoms with E-state index in [2.05, 4.69) is 20.0 Å². The molecule has 4 rings (SSSR count). The molecule has 0 saturated carbocycles. The van der Waals surface area contributed by atoms with Crippen molar-refractivity contribution in [1.29, 1.82) is 0 Å². The van der Waals surface area contributed by atoms with E-state index >= 15 is 0 Å². The minimum Gasteiger partial charge on any atom is -0.378 e. The van der Waals surface area contributed by atoms with Gasteiger partial charge in [-0.15, -0.1) is 0 Å². The summed E-state index contributed by atoms with van der Waals surface area (Å²) in [5.74, 6) is 1.52. The van der Waals surface area contributed by atoms with Crippen LogP contribution in [0.1, 0.15) is 0 Å². The smallest absolute Gasteiger partial charge is 0.229 e. The van der Waals surface area contributed by atoms with Crippen LogP contribution in [0.3, 0.4) is 0 Å². The Morgan fingerprint density at radius 1 is 1.22 bits per heavy atom. The minimum atomic E-state index is -0.157. The van der Waals surface area contributed by atoms with Gasteiger partial charge in [0.25, 0.3) is 0 Å². The molecule has 2 saturated heterocycles. The summed E-state index contributed by atoms with van der Waals surface area (Å²) in [7, 11) is 1.85. The van der Waals surface area contributed by atoms with Crippen LogP contribution < -0.4 is 4.90 Å². The van der Waals surface area contributed by atoms with Gasteiger partial charge in [-0.1, -0.05) is 0 Å². The molecule has 2 aliphatic rings. The molecule has 0 radical (unpaired) electrons. The van der Waals surface area contributed by atoms with Crippen LogP contribution in [0.5, 0.6) is 0 Å². The average Bonchev–Trinajstić information content (AvgIpc) is 3.01. The lowest BCUT2D eigenvalue weighted by molar-refractivity contribution is -0.133. The van der Waals surface area contributed by atoms with Crippen molar-refractivity contribution in [3.8, 4) is 5.82 Å². The molecule has 2 aromatic rings. The molecule has 23 heavy (non-hydrogen) atoms. The zero-order valence-electron chi connectivity index (χ0n) is 12.9. The summed E-state index contributed by atoms with van der Waals surface area (Å²) in [4.78, 5) is 25.0. The van der Waals surface area contributed by atoms with Gasteiger partial charge >= 0.3 is 0 Å². The van der Waals surface area contributed by atoms with Crippen molar-refractivity contribution in [3.63, 3.8) is 0 Å². The molecule has 2 aromatic heterocycles. The maximum Gasteiger partial charge on any atom is 0.229 e. The topological polar surface area (TPSA) is 76.4 Å². The lowest BCUT2D eigenvalue weighted by Gasteiger charge is -2.30. The summed E-state index contributed by atoms with van der Waals surface area (Å²) in [5.41, 5.74) is 0. The Hall–Kier alpha value is -2.48. The lowest BCUT2D eigenvalue weighted by Crippen LogP contribution is -2.43. The minimum absolute atomic E-state index is 0.0399. The van der Waals surface area contributed by atoms with E-state index < -0.39 is 0 Å². The average molecular weight is 314 g/mol. The number of carbonyl (C=O) groups excluding carboxylic acids is 1. The van der Waals surface area contributed by atoms with Crippen LogP contribution >= 0.6 is 0 Å². The fourth-order valence-corrected chi connectivity index (χ4v) is 3.13. The molecule has 120 valence electrons. The quantitative estimate of drug-likeness (QED) is 0.774. The van der Waals surface area contributed by atoms with E-state index in [0.717, 1.165) is 5.82 Å². The van der Waals surface area contributed by atoms with E-state index in [1.807, 2.05) is 30.3 Å². The monoisotopic (exact) mass is 314 g/mol. The third kappa shape index (κ3) is 2.55. The summed E-state index contributed by atoms with van der Waals surface area (Å²) < 4.78 is 7.33. The Kier molecular flexibility index (Phi) is 3.45. The van der Waals surface area contributed by atoms with E-state index in [9.17, 15) is 4.79 Å². The van der Waals surface area contributed by atoms with Gasteiger partial charge in [-0.25, -0.2) is 14.6 Å². The predicted molar refractivity (Wildman–Crippen MR) is 82.2 cm³/mol. The van der Waals surface area contributed by atoms with Gasteiger partial charge in [-0.3, -0.25) is 4.79 Å². The first-order chi connectivity index (χ1) is 11.2. The summed E-state index contributed by atoms with van der Waals surface area (Å²) in [6.45, 7) is 2.34. The van der Waals surface area contributed by atoms with E-state index in [-0.39, 0.29) is 17.9 Å². The van der Waals surface area contributed by atoms with Gasteiger partial charge in [0, 0.05) is 38.6 Å². The highest BCUT2D eigenvalue weighted by Crippen LogP contribution is 2.23. The van der Waals surface area contributed by atoms with Crippen LogP contribution in [-0.2, 0) is 9.53 Å². The van der Waals surface area contributed by atoms with Crippen molar-refractivity contribution in [2.75, 3.05) is 38.3 Å². The Bertz CT molecular complexity index is 704. The molecule has 2 atom stereocenters. The Labute approximate surface area is 133 Å². The molecule has 0 unspecified atom stereocenters.